The molecule has 0 radical (unpaired) electrons. The van der Waals surface area contributed by atoms with Crippen LogP contribution in [0, 0.1) is 11.3 Å². The fourth-order valence-corrected chi connectivity index (χ4v) is 2.49. The molecule has 1 atom stereocenters. The van der Waals surface area contributed by atoms with Gasteiger partial charge in [-0.25, -0.2) is 0 Å². The van der Waals surface area contributed by atoms with Crippen LogP contribution in [0.4, 0.5) is 0 Å². The van der Waals surface area contributed by atoms with E-state index in [-0.39, 0.29) is 0 Å². The minimum Gasteiger partial charge on any atom is -0.342 e. The molecule has 0 aromatic heterocycles. The number of carbonyl (C=O) groups is 1. The average molecular weight is 243 g/mol. The maximum atomic E-state index is 12.0. The molecule has 0 aromatic rings. The second-order valence-electron chi connectivity index (χ2n) is 5.71. The van der Waals surface area contributed by atoms with E-state index in [1.54, 1.807) is 0 Å². The Labute approximate surface area is 105 Å². The lowest BCUT2D eigenvalue weighted by Crippen LogP contribution is -2.35. The number of hydrogen-bond donors (Lipinski definition) is 1. The second kappa shape index (κ2) is 5.95. The van der Waals surface area contributed by atoms with Gasteiger partial charge < -0.3 is 4.90 Å². The zero-order valence-corrected chi connectivity index (χ0v) is 11.7. The van der Waals surface area contributed by atoms with Crippen LogP contribution < -0.4 is 0 Å². The lowest BCUT2D eigenvalue weighted by Gasteiger charge is -2.26. The van der Waals surface area contributed by atoms with E-state index in [1.807, 2.05) is 0 Å². The van der Waals surface area contributed by atoms with Crippen molar-refractivity contribution in [2.75, 3.05) is 18.8 Å². The highest BCUT2D eigenvalue weighted by molar-refractivity contribution is 7.80. The Morgan fingerprint density at radius 1 is 1.44 bits per heavy atom. The topological polar surface area (TPSA) is 20.3 Å². The van der Waals surface area contributed by atoms with Gasteiger partial charge in [-0.15, -0.1) is 0 Å². The van der Waals surface area contributed by atoms with Crippen LogP contribution in [0.3, 0.4) is 0 Å². The summed E-state index contributed by atoms with van der Waals surface area (Å²) in [5.74, 6) is 1.77. The molecule has 0 N–H and O–H groups in total. The van der Waals surface area contributed by atoms with Crippen molar-refractivity contribution in [3.05, 3.63) is 0 Å². The van der Waals surface area contributed by atoms with Gasteiger partial charge in [0.15, 0.2) is 0 Å². The molecule has 1 amide bonds. The van der Waals surface area contributed by atoms with E-state index in [1.165, 1.54) is 0 Å². The Kier molecular flexibility index (Phi) is 5.16. The van der Waals surface area contributed by atoms with Gasteiger partial charge in [0, 0.05) is 19.5 Å². The van der Waals surface area contributed by atoms with Crippen LogP contribution in [0.5, 0.6) is 0 Å². The first-order valence-electron chi connectivity index (χ1n) is 6.37. The molecule has 0 aromatic carbocycles. The number of thiol groups is 1. The van der Waals surface area contributed by atoms with Gasteiger partial charge in [0.25, 0.3) is 0 Å². The molecule has 94 valence electrons. The molecule has 1 aliphatic rings. The third-order valence-corrected chi connectivity index (χ3v) is 4.26. The minimum atomic E-state index is 0.326. The van der Waals surface area contributed by atoms with Crippen LogP contribution in [0.2, 0.25) is 0 Å². The third-order valence-electron chi connectivity index (χ3n) is 3.74. The molecular formula is C13H25NOS. The summed E-state index contributed by atoms with van der Waals surface area (Å²) in [6.07, 6.45) is 3.98. The fourth-order valence-electron chi connectivity index (χ4n) is 2.11. The molecule has 16 heavy (non-hydrogen) atoms. The first-order chi connectivity index (χ1) is 7.48. The summed E-state index contributed by atoms with van der Waals surface area (Å²) in [6.45, 7) is 8.53. The lowest BCUT2D eigenvalue weighted by molar-refractivity contribution is -0.131. The van der Waals surface area contributed by atoms with Gasteiger partial charge in [0.2, 0.25) is 5.91 Å². The largest absolute Gasteiger partial charge is 0.342 e. The average Bonchev–Trinajstić information content (AvgIpc) is 2.37. The van der Waals surface area contributed by atoms with Gasteiger partial charge >= 0.3 is 0 Å². The van der Waals surface area contributed by atoms with Gasteiger partial charge in [0.05, 0.1) is 0 Å². The first-order valence-corrected chi connectivity index (χ1v) is 7.00. The molecule has 1 rings (SSSR count). The van der Waals surface area contributed by atoms with Gasteiger partial charge in [-0.1, -0.05) is 27.2 Å². The zero-order valence-electron chi connectivity index (χ0n) is 10.8. The lowest BCUT2D eigenvalue weighted by atomic mass is 9.85. The first kappa shape index (κ1) is 13.9. The highest BCUT2D eigenvalue weighted by Crippen LogP contribution is 2.30. The third kappa shape index (κ3) is 4.00. The normalized spacial score (nSPS) is 23.0. The van der Waals surface area contributed by atoms with Crippen molar-refractivity contribution in [3.63, 3.8) is 0 Å². The number of carbonyl (C=O) groups excluding carboxylic acids is 1. The van der Waals surface area contributed by atoms with E-state index in [2.05, 4.69) is 38.3 Å². The van der Waals surface area contributed by atoms with Crippen LogP contribution in [0.25, 0.3) is 0 Å². The summed E-state index contributed by atoms with van der Waals surface area (Å²) in [5, 5.41) is 0. The van der Waals surface area contributed by atoms with Gasteiger partial charge in [0.1, 0.15) is 0 Å². The van der Waals surface area contributed by atoms with Crippen molar-refractivity contribution in [2.45, 2.75) is 46.5 Å². The molecule has 1 heterocycles. The van der Waals surface area contributed by atoms with Crippen LogP contribution >= 0.6 is 12.6 Å². The molecule has 0 aliphatic carbocycles. The Bertz CT molecular complexity index is 236. The SMILES string of the molecule is CCC(CS)CN1CCC(C)(C)CCC1=O. The smallest absolute Gasteiger partial charge is 0.222 e. The number of likely N-dealkylation sites (tertiary alicyclic amines) is 1. The summed E-state index contributed by atoms with van der Waals surface area (Å²) in [6, 6.07) is 0. The number of rotatable bonds is 4. The molecule has 0 bridgehead atoms. The molecule has 1 fully saturated rings. The highest BCUT2D eigenvalue weighted by Gasteiger charge is 2.28. The minimum absolute atomic E-state index is 0.326. The summed E-state index contributed by atoms with van der Waals surface area (Å²) in [7, 11) is 0. The molecule has 2 nitrogen and oxygen atoms in total. The van der Waals surface area contributed by atoms with Crippen molar-refractivity contribution in [1.29, 1.82) is 0 Å². The summed E-state index contributed by atoms with van der Waals surface area (Å²) >= 11 is 4.35. The molecule has 1 saturated heterocycles. The quantitative estimate of drug-likeness (QED) is 0.753. The monoisotopic (exact) mass is 243 g/mol. The van der Waals surface area contributed by atoms with Crippen LogP contribution in [0.15, 0.2) is 0 Å². The van der Waals surface area contributed by atoms with E-state index in [9.17, 15) is 4.79 Å². The number of amides is 1. The molecule has 1 aliphatic heterocycles. The van der Waals surface area contributed by atoms with Gasteiger partial charge in [-0.05, 0) is 29.9 Å². The van der Waals surface area contributed by atoms with Crippen LogP contribution in [-0.2, 0) is 4.79 Å². The van der Waals surface area contributed by atoms with Crippen molar-refractivity contribution < 1.29 is 4.79 Å². The standard InChI is InChI=1S/C13H25NOS/c1-4-11(10-16)9-14-8-7-13(2,3)6-5-12(14)15/h11,16H,4-10H2,1-3H3. The number of hydrogen-bond acceptors (Lipinski definition) is 2. The molecule has 0 spiro atoms. The van der Waals surface area contributed by atoms with Gasteiger partial charge in [-0.2, -0.15) is 12.6 Å². The summed E-state index contributed by atoms with van der Waals surface area (Å²) < 4.78 is 0. The molecular weight excluding hydrogens is 218 g/mol. The Balaban J connectivity index is 2.56. The predicted octanol–water partition coefficient (Wildman–Crippen LogP) is 2.98. The van der Waals surface area contributed by atoms with E-state index in [0.29, 0.717) is 17.2 Å². The molecule has 0 saturated carbocycles. The van der Waals surface area contributed by atoms with E-state index in [0.717, 1.165) is 44.5 Å². The van der Waals surface area contributed by atoms with Crippen LogP contribution in [0.1, 0.15) is 46.5 Å². The fraction of sp³-hybridized carbons (Fsp3) is 0.923. The Hall–Kier alpha value is -0.180. The van der Waals surface area contributed by atoms with Gasteiger partial charge in [-0.3, -0.25) is 4.79 Å². The summed E-state index contributed by atoms with van der Waals surface area (Å²) in [4.78, 5) is 14.0. The van der Waals surface area contributed by atoms with E-state index >= 15 is 0 Å². The summed E-state index contributed by atoms with van der Waals surface area (Å²) in [5.41, 5.74) is 0.326. The second-order valence-corrected chi connectivity index (χ2v) is 6.08. The van der Waals surface area contributed by atoms with Crippen molar-refractivity contribution in [1.82, 2.24) is 4.90 Å². The number of nitrogens with zero attached hydrogens (tertiary/aromatic N) is 1. The zero-order chi connectivity index (χ0) is 12.2. The highest BCUT2D eigenvalue weighted by atomic mass is 32.1. The van der Waals surface area contributed by atoms with E-state index in [4.69, 9.17) is 0 Å². The predicted molar refractivity (Wildman–Crippen MR) is 71.8 cm³/mol. The van der Waals surface area contributed by atoms with E-state index < -0.39 is 0 Å². The molecule has 1 unspecified atom stereocenters. The Morgan fingerprint density at radius 3 is 2.69 bits per heavy atom. The maximum Gasteiger partial charge on any atom is 0.222 e. The van der Waals surface area contributed by atoms with Crippen molar-refractivity contribution >= 4 is 18.5 Å². The van der Waals surface area contributed by atoms with Crippen molar-refractivity contribution in [3.8, 4) is 0 Å². The van der Waals surface area contributed by atoms with Crippen molar-refractivity contribution in [2.24, 2.45) is 11.3 Å². The Morgan fingerprint density at radius 2 is 2.12 bits per heavy atom. The molecule has 3 heteroatoms. The van der Waals surface area contributed by atoms with Crippen LogP contribution in [-0.4, -0.2) is 29.6 Å². The maximum absolute atomic E-state index is 12.0.